The minimum absolute atomic E-state index is 0.241. The SMILES string of the molecule is Fc1c(Br)ccnc1N1CCCCC1. The zero-order chi connectivity index (χ0) is 9.97. The second-order valence-corrected chi connectivity index (χ2v) is 4.33. The molecule has 1 aromatic rings. The molecule has 14 heavy (non-hydrogen) atoms. The molecule has 2 rings (SSSR count). The van der Waals surface area contributed by atoms with E-state index in [9.17, 15) is 4.39 Å². The number of hydrogen-bond acceptors (Lipinski definition) is 2. The molecule has 0 aliphatic carbocycles. The molecule has 0 atom stereocenters. The molecular weight excluding hydrogens is 247 g/mol. The molecule has 0 unspecified atom stereocenters. The number of hydrogen-bond donors (Lipinski definition) is 0. The van der Waals surface area contributed by atoms with E-state index in [-0.39, 0.29) is 5.82 Å². The highest BCUT2D eigenvalue weighted by Gasteiger charge is 2.17. The third-order valence-corrected chi connectivity index (χ3v) is 3.09. The van der Waals surface area contributed by atoms with Crippen molar-refractivity contribution in [3.8, 4) is 0 Å². The van der Waals surface area contributed by atoms with Crippen LogP contribution in [-0.2, 0) is 0 Å². The van der Waals surface area contributed by atoms with Gasteiger partial charge in [-0.2, -0.15) is 0 Å². The highest BCUT2D eigenvalue weighted by Crippen LogP contribution is 2.25. The molecule has 1 saturated heterocycles. The second-order valence-electron chi connectivity index (χ2n) is 3.48. The van der Waals surface area contributed by atoms with E-state index in [0.717, 1.165) is 25.9 Å². The first-order valence-corrected chi connectivity index (χ1v) is 5.63. The maximum atomic E-state index is 13.6. The third kappa shape index (κ3) is 1.90. The minimum Gasteiger partial charge on any atom is -0.354 e. The quantitative estimate of drug-likeness (QED) is 0.770. The van der Waals surface area contributed by atoms with E-state index in [1.54, 1.807) is 12.3 Å². The second kappa shape index (κ2) is 4.26. The van der Waals surface area contributed by atoms with Crippen molar-refractivity contribution in [1.82, 2.24) is 4.98 Å². The first-order chi connectivity index (χ1) is 6.79. The van der Waals surface area contributed by atoms with Gasteiger partial charge in [-0.1, -0.05) is 0 Å². The minimum atomic E-state index is -0.241. The van der Waals surface area contributed by atoms with Crippen molar-refractivity contribution in [2.75, 3.05) is 18.0 Å². The van der Waals surface area contributed by atoms with E-state index in [1.165, 1.54) is 6.42 Å². The summed E-state index contributed by atoms with van der Waals surface area (Å²) in [7, 11) is 0. The Kier molecular flexibility index (Phi) is 3.01. The van der Waals surface area contributed by atoms with E-state index in [2.05, 4.69) is 20.9 Å². The third-order valence-electron chi connectivity index (χ3n) is 2.48. The first kappa shape index (κ1) is 9.90. The Hall–Kier alpha value is -0.640. The van der Waals surface area contributed by atoms with Crippen LogP contribution in [0.25, 0.3) is 0 Å². The summed E-state index contributed by atoms with van der Waals surface area (Å²) < 4.78 is 14.1. The smallest absolute Gasteiger partial charge is 0.179 e. The molecule has 0 bridgehead atoms. The molecule has 0 spiro atoms. The summed E-state index contributed by atoms with van der Waals surface area (Å²) in [6.45, 7) is 1.83. The lowest BCUT2D eigenvalue weighted by Gasteiger charge is -2.27. The van der Waals surface area contributed by atoms with E-state index >= 15 is 0 Å². The Morgan fingerprint density at radius 1 is 1.29 bits per heavy atom. The van der Waals surface area contributed by atoms with Gasteiger partial charge in [0.2, 0.25) is 0 Å². The van der Waals surface area contributed by atoms with Crippen molar-refractivity contribution >= 4 is 21.7 Å². The van der Waals surface area contributed by atoms with Crippen LogP contribution in [0.4, 0.5) is 10.2 Å². The fraction of sp³-hybridized carbons (Fsp3) is 0.500. The molecule has 1 aliphatic rings. The largest absolute Gasteiger partial charge is 0.354 e. The Labute approximate surface area is 91.3 Å². The number of anilines is 1. The lowest BCUT2D eigenvalue weighted by Crippen LogP contribution is -2.31. The standard InChI is InChI=1S/C10H12BrFN2/c11-8-4-5-13-10(9(8)12)14-6-2-1-3-7-14/h4-5H,1-3,6-7H2. The summed E-state index contributed by atoms with van der Waals surface area (Å²) in [5, 5.41) is 0. The summed E-state index contributed by atoms with van der Waals surface area (Å²) >= 11 is 3.17. The van der Waals surface area contributed by atoms with Gasteiger partial charge < -0.3 is 4.90 Å². The maximum Gasteiger partial charge on any atom is 0.179 e. The van der Waals surface area contributed by atoms with Gasteiger partial charge in [-0.15, -0.1) is 0 Å². The molecule has 1 aromatic heterocycles. The average molecular weight is 259 g/mol. The Bertz CT molecular complexity index is 324. The summed E-state index contributed by atoms with van der Waals surface area (Å²) in [5.74, 6) is 0.244. The zero-order valence-electron chi connectivity index (χ0n) is 7.84. The molecule has 0 aromatic carbocycles. The molecule has 0 amide bonds. The van der Waals surface area contributed by atoms with Crippen LogP contribution in [0.2, 0.25) is 0 Å². The van der Waals surface area contributed by atoms with E-state index in [4.69, 9.17) is 0 Å². The molecule has 0 N–H and O–H groups in total. The van der Waals surface area contributed by atoms with E-state index < -0.39 is 0 Å². The lowest BCUT2D eigenvalue weighted by atomic mass is 10.1. The number of aromatic nitrogens is 1. The molecule has 0 radical (unpaired) electrons. The molecular formula is C10H12BrFN2. The Morgan fingerprint density at radius 3 is 2.71 bits per heavy atom. The van der Waals surface area contributed by atoms with Gasteiger partial charge in [-0.05, 0) is 41.3 Å². The van der Waals surface area contributed by atoms with Crippen LogP contribution in [0.3, 0.4) is 0 Å². The zero-order valence-corrected chi connectivity index (χ0v) is 9.43. The van der Waals surface area contributed by atoms with Crippen LogP contribution in [0.5, 0.6) is 0 Å². The number of halogens is 2. The van der Waals surface area contributed by atoms with Crippen molar-refractivity contribution in [3.63, 3.8) is 0 Å². The van der Waals surface area contributed by atoms with Crippen LogP contribution in [0.1, 0.15) is 19.3 Å². The molecule has 2 nitrogen and oxygen atoms in total. The fourth-order valence-corrected chi connectivity index (χ4v) is 2.03. The Morgan fingerprint density at radius 2 is 2.00 bits per heavy atom. The van der Waals surface area contributed by atoms with Crippen molar-refractivity contribution < 1.29 is 4.39 Å². The predicted octanol–water partition coefficient (Wildman–Crippen LogP) is 2.97. The topological polar surface area (TPSA) is 16.1 Å². The summed E-state index contributed by atoms with van der Waals surface area (Å²) in [6, 6.07) is 1.63. The average Bonchev–Trinajstić information content (AvgIpc) is 2.23. The molecule has 0 saturated carbocycles. The number of nitrogens with zero attached hydrogens (tertiary/aromatic N) is 2. The monoisotopic (exact) mass is 258 g/mol. The van der Waals surface area contributed by atoms with Gasteiger partial charge in [0.25, 0.3) is 0 Å². The van der Waals surface area contributed by atoms with Crippen molar-refractivity contribution in [2.45, 2.75) is 19.3 Å². The molecule has 1 aliphatic heterocycles. The van der Waals surface area contributed by atoms with Crippen LogP contribution in [-0.4, -0.2) is 18.1 Å². The highest BCUT2D eigenvalue weighted by atomic mass is 79.9. The van der Waals surface area contributed by atoms with E-state index in [1.807, 2.05) is 4.90 Å². The summed E-state index contributed by atoms with van der Waals surface area (Å²) in [6.07, 6.45) is 5.14. The summed E-state index contributed by atoms with van der Waals surface area (Å²) in [4.78, 5) is 6.10. The predicted molar refractivity (Wildman–Crippen MR) is 58.0 cm³/mol. The number of pyridine rings is 1. The summed E-state index contributed by atoms with van der Waals surface area (Å²) in [5.41, 5.74) is 0. The Balaban J connectivity index is 2.26. The lowest BCUT2D eigenvalue weighted by molar-refractivity contribution is 0.547. The van der Waals surface area contributed by atoms with Gasteiger partial charge in [0.15, 0.2) is 11.6 Å². The van der Waals surface area contributed by atoms with Crippen LogP contribution in [0.15, 0.2) is 16.7 Å². The fourth-order valence-electron chi connectivity index (χ4n) is 1.74. The van der Waals surface area contributed by atoms with Crippen LogP contribution < -0.4 is 4.90 Å². The first-order valence-electron chi connectivity index (χ1n) is 4.84. The molecule has 4 heteroatoms. The van der Waals surface area contributed by atoms with Crippen molar-refractivity contribution in [2.24, 2.45) is 0 Å². The van der Waals surface area contributed by atoms with Gasteiger partial charge in [0, 0.05) is 19.3 Å². The number of piperidine rings is 1. The molecule has 2 heterocycles. The van der Waals surface area contributed by atoms with Crippen LogP contribution in [0, 0.1) is 5.82 Å². The van der Waals surface area contributed by atoms with Gasteiger partial charge in [0.05, 0.1) is 4.47 Å². The van der Waals surface area contributed by atoms with E-state index in [0.29, 0.717) is 10.3 Å². The number of rotatable bonds is 1. The van der Waals surface area contributed by atoms with Crippen LogP contribution >= 0.6 is 15.9 Å². The molecule has 1 fully saturated rings. The normalized spacial score (nSPS) is 17.1. The van der Waals surface area contributed by atoms with Crippen molar-refractivity contribution in [3.05, 3.63) is 22.6 Å². The van der Waals surface area contributed by atoms with Gasteiger partial charge in [-0.3, -0.25) is 0 Å². The van der Waals surface area contributed by atoms with Gasteiger partial charge in [0.1, 0.15) is 0 Å². The highest BCUT2D eigenvalue weighted by molar-refractivity contribution is 9.10. The maximum absolute atomic E-state index is 13.6. The van der Waals surface area contributed by atoms with Gasteiger partial charge >= 0.3 is 0 Å². The van der Waals surface area contributed by atoms with Gasteiger partial charge in [-0.25, -0.2) is 9.37 Å². The molecule has 76 valence electrons. The van der Waals surface area contributed by atoms with Crippen molar-refractivity contribution in [1.29, 1.82) is 0 Å².